The summed E-state index contributed by atoms with van der Waals surface area (Å²) in [5.74, 6) is 1.85. The van der Waals surface area contributed by atoms with Gasteiger partial charge in [-0.1, -0.05) is 32.0 Å². The van der Waals surface area contributed by atoms with E-state index in [1.807, 2.05) is 30.3 Å². The number of para-hydroxylation sites is 1. The quantitative estimate of drug-likeness (QED) is 0.784. The summed E-state index contributed by atoms with van der Waals surface area (Å²) in [4.78, 5) is 0. The fourth-order valence-corrected chi connectivity index (χ4v) is 2.17. The molecule has 2 rings (SSSR count). The van der Waals surface area contributed by atoms with Gasteiger partial charge in [-0.3, -0.25) is 0 Å². The molecule has 0 bridgehead atoms. The number of ether oxygens (including phenoxy) is 1. The molecule has 1 atom stereocenters. The van der Waals surface area contributed by atoms with Gasteiger partial charge in [-0.25, -0.2) is 0 Å². The minimum absolute atomic E-state index is 0.0398. The van der Waals surface area contributed by atoms with Gasteiger partial charge in [0.25, 0.3) is 0 Å². The standard InChI is InChI=1S/C17H23NO2/c1-3-11-18-17(16-10-7-13-20-16)14-8-5-6-9-15(14)19-12-4-2/h5-10,13,17-18H,3-4,11-12H2,1-2H3. The average molecular weight is 273 g/mol. The molecule has 3 heteroatoms. The van der Waals surface area contributed by atoms with Crippen LogP contribution in [0, 0.1) is 0 Å². The Labute approximate surface area is 121 Å². The van der Waals surface area contributed by atoms with Crippen molar-refractivity contribution in [3.05, 3.63) is 54.0 Å². The van der Waals surface area contributed by atoms with Crippen molar-refractivity contribution in [2.75, 3.05) is 13.2 Å². The Morgan fingerprint density at radius 3 is 2.65 bits per heavy atom. The predicted molar refractivity (Wildman–Crippen MR) is 81.1 cm³/mol. The number of benzene rings is 1. The zero-order chi connectivity index (χ0) is 14.2. The zero-order valence-electron chi connectivity index (χ0n) is 12.3. The first-order chi connectivity index (χ1) is 9.86. The Morgan fingerprint density at radius 2 is 1.95 bits per heavy atom. The lowest BCUT2D eigenvalue weighted by Gasteiger charge is -2.20. The highest BCUT2D eigenvalue weighted by atomic mass is 16.5. The summed E-state index contributed by atoms with van der Waals surface area (Å²) < 4.78 is 11.5. The number of nitrogens with one attached hydrogen (secondary N) is 1. The van der Waals surface area contributed by atoms with Crippen molar-refractivity contribution in [2.24, 2.45) is 0 Å². The van der Waals surface area contributed by atoms with Gasteiger partial charge in [-0.15, -0.1) is 0 Å². The number of hydrogen-bond donors (Lipinski definition) is 1. The van der Waals surface area contributed by atoms with Crippen LogP contribution in [0.2, 0.25) is 0 Å². The third-order valence-electron chi connectivity index (χ3n) is 3.12. The van der Waals surface area contributed by atoms with Crippen LogP contribution < -0.4 is 10.1 Å². The zero-order valence-corrected chi connectivity index (χ0v) is 12.3. The first kappa shape index (κ1) is 14.7. The molecule has 0 aliphatic carbocycles. The molecule has 0 spiro atoms. The average Bonchev–Trinajstić information content (AvgIpc) is 3.01. The van der Waals surface area contributed by atoms with Crippen molar-refractivity contribution in [3.63, 3.8) is 0 Å². The van der Waals surface area contributed by atoms with E-state index in [2.05, 4.69) is 25.2 Å². The van der Waals surface area contributed by atoms with Crippen LogP contribution in [0.25, 0.3) is 0 Å². The molecule has 0 radical (unpaired) electrons. The molecule has 0 aliphatic rings. The topological polar surface area (TPSA) is 34.4 Å². The van der Waals surface area contributed by atoms with E-state index in [1.54, 1.807) is 6.26 Å². The molecule has 2 aromatic rings. The highest BCUT2D eigenvalue weighted by molar-refractivity contribution is 5.39. The van der Waals surface area contributed by atoms with Crippen LogP contribution in [-0.4, -0.2) is 13.2 Å². The second-order valence-electron chi connectivity index (χ2n) is 4.79. The van der Waals surface area contributed by atoms with E-state index in [9.17, 15) is 0 Å². The van der Waals surface area contributed by atoms with Crippen molar-refractivity contribution in [3.8, 4) is 5.75 Å². The molecular weight excluding hydrogens is 250 g/mol. The minimum atomic E-state index is 0.0398. The largest absolute Gasteiger partial charge is 0.493 e. The smallest absolute Gasteiger partial charge is 0.125 e. The Bertz CT molecular complexity index is 493. The van der Waals surface area contributed by atoms with E-state index >= 15 is 0 Å². The van der Waals surface area contributed by atoms with Gasteiger partial charge in [-0.2, -0.15) is 0 Å². The van der Waals surface area contributed by atoms with Gasteiger partial charge in [-0.05, 0) is 37.6 Å². The first-order valence-corrected chi connectivity index (χ1v) is 7.35. The SMILES string of the molecule is CCCNC(c1ccco1)c1ccccc1OCCC. The van der Waals surface area contributed by atoms with Crippen molar-refractivity contribution in [1.82, 2.24) is 5.32 Å². The fraction of sp³-hybridized carbons (Fsp3) is 0.412. The van der Waals surface area contributed by atoms with Crippen molar-refractivity contribution in [2.45, 2.75) is 32.7 Å². The van der Waals surface area contributed by atoms with E-state index in [0.717, 1.165) is 43.1 Å². The van der Waals surface area contributed by atoms with Crippen LogP contribution in [0.1, 0.15) is 44.1 Å². The maximum atomic E-state index is 5.86. The Hall–Kier alpha value is -1.74. The van der Waals surface area contributed by atoms with E-state index in [4.69, 9.17) is 9.15 Å². The molecule has 1 N–H and O–H groups in total. The number of furan rings is 1. The third-order valence-corrected chi connectivity index (χ3v) is 3.12. The molecule has 1 aromatic carbocycles. The fourth-order valence-electron chi connectivity index (χ4n) is 2.17. The summed E-state index contributed by atoms with van der Waals surface area (Å²) in [5, 5.41) is 3.53. The normalized spacial score (nSPS) is 12.3. The molecule has 20 heavy (non-hydrogen) atoms. The molecule has 3 nitrogen and oxygen atoms in total. The molecule has 0 amide bonds. The Morgan fingerprint density at radius 1 is 1.10 bits per heavy atom. The molecule has 1 heterocycles. The summed E-state index contributed by atoms with van der Waals surface area (Å²) in [7, 11) is 0. The van der Waals surface area contributed by atoms with Crippen LogP contribution in [0.5, 0.6) is 5.75 Å². The highest BCUT2D eigenvalue weighted by Crippen LogP contribution is 2.30. The second kappa shape index (κ2) is 7.75. The predicted octanol–water partition coefficient (Wildman–Crippen LogP) is 4.16. The lowest BCUT2D eigenvalue weighted by atomic mass is 10.0. The Kier molecular flexibility index (Phi) is 5.69. The summed E-state index contributed by atoms with van der Waals surface area (Å²) in [5.41, 5.74) is 1.13. The maximum absolute atomic E-state index is 5.86. The van der Waals surface area contributed by atoms with E-state index in [-0.39, 0.29) is 6.04 Å². The third kappa shape index (κ3) is 3.64. The summed E-state index contributed by atoms with van der Waals surface area (Å²) in [6, 6.07) is 12.1. The van der Waals surface area contributed by atoms with Gasteiger partial charge in [0.15, 0.2) is 0 Å². The molecule has 0 saturated heterocycles. The first-order valence-electron chi connectivity index (χ1n) is 7.35. The van der Waals surface area contributed by atoms with Gasteiger partial charge >= 0.3 is 0 Å². The van der Waals surface area contributed by atoms with Gasteiger partial charge in [0.1, 0.15) is 11.5 Å². The monoisotopic (exact) mass is 273 g/mol. The van der Waals surface area contributed by atoms with Crippen molar-refractivity contribution >= 4 is 0 Å². The van der Waals surface area contributed by atoms with E-state index in [1.165, 1.54) is 0 Å². The molecule has 1 unspecified atom stereocenters. The summed E-state index contributed by atoms with van der Waals surface area (Å²) in [6.07, 6.45) is 3.79. The van der Waals surface area contributed by atoms with E-state index in [0.29, 0.717) is 0 Å². The Balaban J connectivity index is 2.28. The lowest BCUT2D eigenvalue weighted by Crippen LogP contribution is -2.23. The summed E-state index contributed by atoms with van der Waals surface area (Å²) in [6.45, 7) is 5.94. The van der Waals surface area contributed by atoms with Crippen LogP contribution >= 0.6 is 0 Å². The van der Waals surface area contributed by atoms with Gasteiger partial charge < -0.3 is 14.5 Å². The number of rotatable bonds is 8. The highest BCUT2D eigenvalue weighted by Gasteiger charge is 2.19. The van der Waals surface area contributed by atoms with Crippen LogP contribution in [0.3, 0.4) is 0 Å². The van der Waals surface area contributed by atoms with Gasteiger partial charge in [0.2, 0.25) is 0 Å². The van der Waals surface area contributed by atoms with E-state index < -0.39 is 0 Å². The maximum Gasteiger partial charge on any atom is 0.125 e. The minimum Gasteiger partial charge on any atom is -0.493 e. The molecule has 0 fully saturated rings. The molecule has 0 saturated carbocycles. The second-order valence-corrected chi connectivity index (χ2v) is 4.79. The van der Waals surface area contributed by atoms with Crippen LogP contribution in [0.4, 0.5) is 0 Å². The van der Waals surface area contributed by atoms with Crippen LogP contribution in [-0.2, 0) is 0 Å². The lowest BCUT2D eigenvalue weighted by molar-refractivity contribution is 0.309. The van der Waals surface area contributed by atoms with Crippen molar-refractivity contribution in [1.29, 1.82) is 0 Å². The van der Waals surface area contributed by atoms with Crippen LogP contribution in [0.15, 0.2) is 47.1 Å². The summed E-state index contributed by atoms with van der Waals surface area (Å²) >= 11 is 0. The van der Waals surface area contributed by atoms with Gasteiger partial charge in [0.05, 0.1) is 18.9 Å². The molecule has 108 valence electrons. The number of hydrogen-bond acceptors (Lipinski definition) is 3. The van der Waals surface area contributed by atoms with Gasteiger partial charge in [0, 0.05) is 5.56 Å². The molecule has 0 aliphatic heterocycles. The molecule has 1 aromatic heterocycles. The molecular formula is C17H23NO2. The van der Waals surface area contributed by atoms with Crippen molar-refractivity contribution < 1.29 is 9.15 Å².